The van der Waals surface area contributed by atoms with Crippen molar-refractivity contribution in [2.75, 3.05) is 11.9 Å². The number of carbonyl (C=O) groups excluding carboxylic acids is 1. The second-order valence-electron chi connectivity index (χ2n) is 9.59. The van der Waals surface area contributed by atoms with Crippen molar-refractivity contribution >= 4 is 11.6 Å². The molecule has 0 radical (unpaired) electrons. The highest BCUT2D eigenvalue weighted by molar-refractivity contribution is 6.12. The maximum absolute atomic E-state index is 14.0. The Morgan fingerprint density at radius 1 is 0.833 bits per heavy atom. The summed E-state index contributed by atoms with van der Waals surface area (Å²) in [4.78, 5) is 14.0. The van der Waals surface area contributed by atoms with Crippen LogP contribution in [0.3, 0.4) is 0 Å². The van der Waals surface area contributed by atoms with Gasteiger partial charge in [-0.25, -0.2) is 4.39 Å². The molecule has 0 aliphatic heterocycles. The number of aromatic nitrogens is 1. The molecule has 0 unspecified atom stereocenters. The van der Waals surface area contributed by atoms with Gasteiger partial charge in [-0.1, -0.05) is 76.2 Å². The summed E-state index contributed by atoms with van der Waals surface area (Å²) in [5.74, 6) is -0.356. The van der Waals surface area contributed by atoms with Crippen molar-refractivity contribution in [2.45, 2.75) is 46.2 Å². The molecule has 4 aromatic rings. The van der Waals surface area contributed by atoms with E-state index in [0.29, 0.717) is 18.2 Å². The zero-order chi connectivity index (χ0) is 25.7. The Labute approximate surface area is 213 Å². The van der Waals surface area contributed by atoms with Crippen molar-refractivity contribution < 1.29 is 9.18 Å². The third kappa shape index (κ3) is 5.58. The Morgan fingerprint density at radius 3 is 2.03 bits per heavy atom. The van der Waals surface area contributed by atoms with E-state index in [-0.39, 0.29) is 17.6 Å². The Hall–Kier alpha value is -3.70. The van der Waals surface area contributed by atoms with E-state index in [9.17, 15) is 9.18 Å². The van der Waals surface area contributed by atoms with Crippen LogP contribution >= 0.6 is 0 Å². The third-order valence-electron chi connectivity index (χ3n) is 6.18. The Morgan fingerprint density at radius 2 is 1.44 bits per heavy atom. The summed E-state index contributed by atoms with van der Waals surface area (Å²) in [6, 6.07) is 26.4. The number of anilines is 1. The van der Waals surface area contributed by atoms with Gasteiger partial charge in [-0.15, -0.1) is 0 Å². The lowest BCUT2D eigenvalue weighted by atomic mass is 9.94. The van der Waals surface area contributed by atoms with Gasteiger partial charge in [-0.3, -0.25) is 4.79 Å². The third-order valence-corrected chi connectivity index (χ3v) is 6.18. The average Bonchev–Trinajstić information content (AvgIpc) is 3.21. The van der Waals surface area contributed by atoms with Gasteiger partial charge in [-0.05, 0) is 53.4 Å². The molecule has 0 fully saturated rings. The molecule has 36 heavy (non-hydrogen) atoms. The first-order chi connectivity index (χ1) is 17.4. The number of hydrogen-bond donors (Lipinski definition) is 2. The Bertz CT molecular complexity index is 1290. The van der Waals surface area contributed by atoms with E-state index in [2.05, 4.69) is 42.9 Å². The molecule has 3 aromatic carbocycles. The molecule has 0 atom stereocenters. The van der Waals surface area contributed by atoms with Crippen molar-refractivity contribution in [1.82, 2.24) is 9.88 Å². The van der Waals surface area contributed by atoms with Crippen LogP contribution in [-0.4, -0.2) is 23.1 Å². The minimum Gasteiger partial charge on any atom is -0.342 e. The van der Waals surface area contributed by atoms with E-state index in [1.54, 1.807) is 12.1 Å². The first-order valence-corrected chi connectivity index (χ1v) is 12.5. The van der Waals surface area contributed by atoms with Gasteiger partial charge >= 0.3 is 0 Å². The second-order valence-corrected chi connectivity index (χ2v) is 9.59. The van der Waals surface area contributed by atoms with E-state index < -0.39 is 0 Å². The summed E-state index contributed by atoms with van der Waals surface area (Å²) in [5.41, 5.74) is 5.98. The smallest absolute Gasteiger partial charge is 0.258 e. The highest BCUT2D eigenvalue weighted by Crippen LogP contribution is 2.42. The number of halogens is 1. The van der Waals surface area contributed by atoms with E-state index in [4.69, 9.17) is 0 Å². The first-order valence-electron chi connectivity index (χ1n) is 12.5. The normalized spacial score (nSPS) is 11.3. The van der Waals surface area contributed by atoms with Gasteiger partial charge in [0.05, 0.1) is 11.3 Å². The van der Waals surface area contributed by atoms with Gasteiger partial charge in [0.1, 0.15) is 5.82 Å². The standard InChI is InChI=1S/C31H34FN3O/c1-21(2)29-28(31(36)34-26-13-9-6-10-14-26)27(23-11-7-5-8-12-23)30(24-15-17-25(32)18-16-24)35(29)20-19-33-22(3)4/h5-18,21-22,33H,19-20H2,1-4H3,(H,34,36). The number of nitrogens with one attached hydrogen (secondary N) is 2. The van der Waals surface area contributed by atoms with Crippen molar-refractivity contribution in [1.29, 1.82) is 0 Å². The topological polar surface area (TPSA) is 46.1 Å². The van der Waals surface area contributed by atoms with Gasteiger partial charge in [0.25, 0.3) is 5.91 Å². The molecule has 0 bridgehead atoms. The molecule has 1 aromatic heterocycles. The first kappa shape index (κ1) is 25.4. The predicted octanol–water partition coefficient (Wildman–Crippen LogP) is 7.33. The molecule has 0 spiro atoms. The van der Waals surface area contributed by atoms with Crippen LogP contribution < -0.4 is 10.6 Å². The predicted molar refractivity (Wildman–Crippen MR) is 147 cm³/mol. The van der Waals surface area contributed by atoms with Crippen LogP contribution in [0.5, 0.6) is 0 Å². The average molecular weight is 484 g/mol. The van der Waals surface area contributed by atoms with Crippen LogP contribution in [0.15, 0.2) is 84.9 Å². The van der Waals surface area contributed by atoms with Crippen molar-refractivity contribution in [3.63, 3.8) is 0 Å². The zero-order valence-electron chi connectivity index (χ0n) is 21.4. The second kappa shape index (κ2) is 11.4. The Kier molecular flexibility index (Phi) is 8.01. The summed E-state index contributed by atoms with van der Waals surface area (Å²) in [5, 5.41) is 6.62. The minimum absolute atomic E-state index is 0.0808. The van der Waals surface area contributed by atoms with Crippen LogP contribution in [0.25, 0.3) is 22.4 Å². The van der Waals surface area contributed by atoms with Crippen molar-refractivity contribution in [2.24, 2.45) is 0 Å². The van der Waals surface area contributed by atoms with E-state index in [1.165, 1.54) is 12.1 Å². The fourth-order valence-corrected chi connectivity index (χ4v) is 4.67. The molecule has 0 saturated heterocycles. The van der Waals surface area contributed by atoms with Gasteiger partial charge in [-0.2, -0.15) is 0 Å². The van der Waals surface area contributed by atoms with E-state index >= 15 is 0 Å². The zero-order valence-corrected chi connectivity index (χ0v) is 21.4. The molecule has 0 saturated carbocycles. The summed E-state index contributed by atoms with van der Waals surface area (Å²) in [6.45, 7) is 9.89. The lowest BCUT2D eigenvalue weighted by Gasteiger charge is -2.18. The molecule has 0 aliphatic carbocycles. The van der Waals surface area contributed by atoms with Crippen molar-refractivity contribution in [3.8, 4) is 22.4 Å². The highest BCUT2D eigenvalue weighted by atomic mass is 19.1. The van der Waals surface area contributed by atoms with Crippen LogP contribution in [0.1, 0.15) is 49.7 Å². The molecular weight excluding hydrogens is 449 g/mol. The molecule has 186 valence electrons. The molecular formula is C31H34FN3O. The number of benzene rings is 3. The number of amides is 1. The van der Waals surface area contributed by atoms with Crippen LogP contribution in [-0.2, 0) is 6.54 Å². The van der Waals surface area contributed by atoms with Crippen LogP contribution in [0.4, 0.5) is 10.1 Å². The number of rotatable bonds is 9. The fourth-order valence-electron chi connectivity index (χ4n) is 4.67. The summed E-state index contributed by atoms with van der Waals surface area (Å²) in [7, 11) is 0. The monoisotopic (exact) mass is 483 g/mol. The quantitative estimate of drug-likeness (QED) is 0.262. The molecule has 1 heterocycles. The van der Waals surface area contributed by atoms with Crippen molar-refractivity contribution in [3.05, 3.63) is 102 Å². The SMILES string of the molecule is CC(C)NCCn1c(-c2ccc(F)cc2)c(-c2ccccc2)c(C(=O)Nc2ccccc2)c1C(C)C. The van der Waals surface area contributed by atoms with E-state index in [1.807, 2.05) is 60.7 Å². The van der Waals surface area contributed by atoms with Crippen LogP contribution in [0.2, 0.25) is 0 Å². The maximum Gasteiger partial charge on any atom is 0.258 e. The number of para-hydroxylation sites is 1. The van der Waals surface area contributed by atoms with Crippen LogP contribution in [0, 0.1) is 5.82 Å². The van der Waals surface area contributed by atoms with E-state index in [0.717, 1.165) is 40.3 Å². The number of carbonyl (C=O) groups is 1. The van der Waals surface area contributed by atoms with Gasteiger partial charge in [0.2, 0.25) is 0 Å². The molecule has 0 aliphatic rings. The maximum atomic E-state index is 14.0. The van der Waals surface area contributed by atoms with Gasteiger partial charge in [0.15, 0.2) is 0 Å². The van der Waals surface area contributed by atoms with Gasteiger partial charge < -0.3 is 15.2 Å². The summed E-state index contributed by atoms with van der Waals surface area (Å²) >= 11 is 0. The lowest BCUT2D eigenvalue weighted by molar-refractivity contribution is 0.102. The minimum atomic E-state index is -0.286. The summed E-state index contributed by atoms with van der Waals surface area (Å²) < 4.78 is 16.2. The fraction of sp³-hybridized carbons (Fsp3) is 0.258. The molecule has 2 N–H and O–H groups in total. The number of hydrogen-bond acceptors (Lipinski definition) is 2. The highest BCUT2D eigenvalue weighted by Gasteiger charge is 2.30. The number of nitrogens with zero attached hydrogens (tertiary/aromatic N) is 1. The largest absolute Gasteiger partial charge is 0.342 e. The Balaban J connectivity index is 2.00. The molecule has 1 amide bonds. The molecule has 4 nitrogen and oxygen atoms in total. The lowest BCUT2D eigenvalue weighted by Crippen LogP contribution is -2.27. The molecule has 4 rings (SSSR count). The molecule has 5 heteroatoms. The summed E-state index contributed by atoms with van der Waals surface area (Å²) in [6.07, 6.45) is 0. The van der Waals surface area contributed by atoms with Gasteiger partial charge in [0, 0.05) is 36.1 Å².